The van der Waals surface area contributed by atoms with Crippen molar-refractivity contribution in [2.75, 3.05) is 0 Å². The predicted molar refractivity (Wildman–Crippen MR) is 395 cm³/mol. The molecule has 4 aromatic carbocycles. The predicted octanol–water partition coefficient (Wildman–Crippen LogP) is 29.3. The highest BCUT2D eigenvalue weighted by Crippen LogP contribution is 2.62. The van der Waals surface area contributed by atoms with E-state index in [9.17, 15) is 0 Å². The maximum Gasteiger partial charge on any atom is 0.0618 e. The van der Waals surface area contributed by atoms with E-state index in [2.05, 4.69) is 241 Å². The molecule has 0 aliphatic carbocycles. The number of aryl methyl sites for hydroxylation is 4. The molecular weight excluding hydrogens is 1790 g/mol. The van der Waals surface area contributed by atoms with E-state index < -0.39 is 0 Å². The number of fused-ring (bicyclic) bond motifs is 14. The topological polar surface area (TPSA) is 0 Å². The summed E-state index contributed by atoms with van der Waals surface area (Å²) < 4.78 is 32.0. The molecule has 0 bridgehead atoms. The molecule has 0 atom stereocenters. The van der Waals surface area contributed by atoms with Gasteiger partial charge in [-0.2, -0.15) is 0 Å². The normalized spacial score (nSPS) is 12.5. The molecule has 0 aliphatic heterocycles. The summed E-state index contributed by atoms with van der Waals surface area (Å²) in [4.78, 5) is 10.7. The SMILES string of the molecule is Cc1ccc2c(c1)sc1c(Br)c(-c3sc4c(Br)c(-c5sc6c(sc7cc(C)ccc76)c5Br)sc4c3Br)sc12.Cc1ccc2c(c1)sc1c(I)c(-c3sc4c(Br)c(-c5sc6c(sc7cc(C)ccc76)c5I)sc4c3Br)sc12. The fourth-order valence-electron chi connectivity index (χ4n) is 9.64. The van der Waals surface area contributed by atoms with Crippen molar-refractivity contribution in [2.24, 2.45) is 0 Å². The summed E-state index contributed by atoms with van der Waals surface area (Å²) in [5, 5.41) is 5.49. The van der Waals surface area contributed by atoms with Gasteiger partial charge in [0.05, 0.1) is 129 Å². The smallest absolute Gasteiger partial charge is 0.0618 e. The molecule has 0 nitrogen and oxygen atoms in total. The zero-order valence-corrected chi connectivity index (χ0v) is 62.5. The van der Waals surface area contributed by atoms with Crippen LogP contribution >= 0.6 is 277 Å². The van der Waals surface area contributed by atoms with Crippen LogP contribution in [0.3, 0.4) is 0 Å². The Kier molecular flexibility index (Phi) is 13.9. The third kappa shape index (κ3) is 8.20. The average Bonchev–Trinajstić information content (AvgIpc) is 4.34. The number of hydrogen-bond donors (Lipinski definition) is 0. The summed E-state index contributed by atoms with van der Waals surface area (Å²) in [6.45, 7) is 8.68. The van der Waals surface area contributed by atoms with Gasteiger partial charge in [0.25, 0.3) is 0 Å². The van der Waals surface area contributed by atoms with E-state index in [1.807, 2.05) is 136 Å². The Bertz CT molecular complexity index is 4540. The molecule has 0 unspecified atom stereocenters. The van der Waals surface area contributed by atoms with Crippen molar-refractivity contribution >= 4 is 374 Å². The van der Waals surface area contributed by atoms with Gasteiger partial charge in [-0.15, -0.1) is 136 Å². The van der Waals surface area contributed by atoms with E-state index in [-0.39, 0.29) is 0 Å². The molecule has 376 valence electrons. The Morgan fingerprint density at radius 2 is 0.447 bits per heavy atom. The molecule has 0 spiro atoms. The second kappa shape index (κ2) is 19.9. The van der Waals surface area contributed by atoms with E-state index in [4.69, 9.17) is 0 Å². The number of benzene rings is 4. The summed E-state index contributed by atoms with van der Waals surface area (Å²) in [6.07, 6.45) is 0. The van der Waals surface area contributed by atoms with E-state index in [0.29, 0.717) is 0 Å². The number of hydrogen-bond acceptors (Lipinski definition) is 12. The number of rotatable bonds is 4. The van der Waals surface area contributed by atoms with Crippen molar-refractivity contribution in [2.45, 2.75) is 27.7 Å². The average molecular weight is 1810 g/mol. The van der Waals surface area contributed by atoms with Gasteiger partial charge in [0.1, 0.15) is 0 Å². The van der Waals surface area contributed by atoms with Gasteiger partial charge in [-0.3, -0.25) is 0 Å². The van der Waals surface area contributed by atoms with Crippen LogP contribution in [0, 0.1) is 34.8 Å². The van der Waals surface area contributed by atoms with Crippen LogP contribution < -0.4 is 0 Å². The van der Waals surface area contributed by atoms with Gasteiger partial charge in [0, 0.05) is 40.3 Å². The molecule has 0 saturated carbocycles. The lowest BCUT2D eigenvalue weighted by molar-refractivity contribution is 1.52. The molecular formula is C56H24Br6I2S12. The maximum absolute atomic E-state index is 4.04. The Hall–Kier alpha value is 0.220. The first-order valence-corrected chi connectivity index (χ1v) is 39.6. The Morgan fingerprint density at radius 1 is 0.250 bits per heavy atom. The van der Waals surface area contributed by atoms with Gasteiger partial charge in [-0.25, -0.2) is 0 Å². The zero-order chi connectivity index (χ0) is 52.1. The van der Waals surface area contributed by atoms with Crippen LogP contribution in [-0.4, -0.2) is 0 Å². The lowest BCUT2D eigenvalue weighted by Gasteiger charge is -1.99. The van der Waals surface area contributed by atoms with E-state index in [0.717, 1.165) is 0 Å². The van der Waals surface area contributed by atoms with Gasteiger partial charge in [-0.05, 0) is 215 Å². The number of halogens is 8. The molecule has 0 N–H and O–H groups in total. The van der Waals surface area contributed by atoms with Crippen LogP contribution in [0.25, 0.3) is 136 Å². The molecule has 0 fully saturated rings. The summed E-state index contributed by atoms with van der Waals surface area (Å²) in [5.41, 5.74) is 5.27. The summed E-state index contributed by atoms with van der Waals surface area (Å²) >= 11 is 52.1. The second-order valence-corrected chi connectivity index (χ2v) is 37.6. The van der Waals surface area contributed by atoms with Gasteiger partial charge < -0.3 is 0 Å². The highest BCUT2D eigenvalue weighted by Gasteiger charge is 2.30. The largest absolute Gasteiger partial charge is 0.133 e. The highest BCUT2D eigenvalue weighted by molar-refractivity contribution is 14.1. The molecule has 16 rings (SSSR count). The zero-order valence-electron chi connectivity index (χ0n) is 38.9. The van der Waals surface area contributed by atoms with Crippen molar-refractivity contribution in [1.82, 2.24) is 0 Å². The molecule has 20 heteroatoms. The van der Waals surface area contributed by atoms with Crippen molar-refractivity contribution < 1.29 is 0 Å². The van der Waals surface area contributed by atoms with Crippen LogP contribution in [-0.2, 0) is 0 Å². The van der Waals surface area contributed by atoms with Crippen molar-refractivity contribution in [3.63, 3.8) is 0 Å². The first-order chi connectivity index (χ1) is 36.6. The van der Waals surface area contributed by atoms with Crippen LogP contribution in [0.15, 0.2) is 99.6 Å². The summed E-state index contributed by atoms with van der Waals surface area (Å²) in [5.74, 6) is 0. The van der Waals surface area contributed by atoms with Crippen LogP contribution in [0.1, 0.15) is 22.3 Å². The lowest BCUT2D eigenvalue weighted by Crippen LogP contribution is -1.72. The maximum atomic E-state index is 4.04. The first kappa shape index (κ1) is 53.0. The Labute approximate surface area is 559 Å². The summed E-state index contributed by atoms with van der Waals surface area (Å²) in [6, 6.07) is 27.3. The summed E-state index contributed by atoms with van der Waals surface area (Å²) in [7, 11) is 0. The fourth-order valence-corrected chi connectivity index (χ4v) is 35.7. The third-order valence-corrected chi connectivity index (χ3v) is 40.6. The Balaban J connectivity index is 0.000000133. The van der Waals surface area contributed by atoms with Gasteiger partial charge in [0.15, 0.2) is 0 Å². The monoisotopic (exact) mass is 1810 g/mol. The van der Waals surface area contributed by atoms with Crippen molar-refractivity contribution in [3.8, 4) is 39.0 Å². The molecule has 0 saturated heterocycles. The van der Waals surface area contributed by atoms with E-state index in [1.165, 1.54) is 192 Å². The van der Waals surface area contributed by atoms with E-state index >= 15 is 0 Å². The number of thiophene rings is 12. The van der Waals surface area contributed by atoms with Crippen LogP contribution in [0.5, 0.6) is 0 Å². The quantitative estimate of drug-likeness (QED) is 0.154. The molecule has 12 heterocycles. The lowest BCUT2D eigenvalue weighted by atomic mass is 10.2. The van der Waals surface area contributed by atoms with Crippen molar-refractivity contribution in [3.05, 3.63) is 129 Å². The highest BCUT2D eigenvalue weighted by atomic mass is 127. The Morgan fingerprint density at radius 3 is 0.724 bits per heavy atom. The molecule has 0 aliphatic rings. The molecule has 12 aromatic heterocycles. The van der Waals surface area contributed by atoms with Crippen LogP contribution in [0.4, 0.5) is 0 Å². The fraction of sp³-hybridized carbons (Fsp3) is 0.0714. The third-order valence-electron chi connectivity index (χ3n) is 13.3. The first-order valence-electron chi connectivity index (χ1n) is 22.9. The second-order valence-electron chi connectivity index (χ2n) is 18.3. The molecule has 0 radical (unpaired) electrons. The van der Waals surface area contributed by atoms with Gasteiger partial charge in [-0.1, -0.05) is 48.5 Å². The van der Waals surface area contributed by atoms with Gasteiger partial charge >= 0.3 is 0 Å². The van der Waals surface area contributed by atoms with Gasteiger partial charge in [0.2, 0.25) is 0 Å². The standard InChI is InChI=1S/C28H12Br4S6.C28H12Br2I2S6/c1-9-3-5-11-13(7-9)33-21-15(29)23(35-19(11)21)25-17(31)27-28(37-25)18(32)26(38-27)24-16(30)22-20(36-24)12-6-4-10(2)8-14(12)34-22;1-9-3-5-11-13(7-9)33-25-17(31)27(35-19(11)25)23-15(29)21-22(37-23)16(30)24(38-21)28-18(32)26-20(36-28)12-6-4-10(2)8-14(12)34-26/h2*3-8H,1-2H3. The minimum Gasteiger partial charge on any atom is -0.133 e. The molecule has 16 aromatic rings. The molecule has 0 amide bonds. The molecule has 76 heavy (non-hydrogen) atoms. The van der Waals surface area contributed by atoms with Crippen LogP contribution in [0.2, 0.25) is 0 Å². The van der Waals surface area contributed by atoms with Crippen molar-refractivity contribution in [1.29, 1.82) is 0 Å². The minimum absolute atomic E-state index is 1.19. The minimum atomic E-state index is 1.19. The van der Waals surface area contributed by atoms with E-state index in [1.54, 1.807) is 0 Å².